The minimum absolute atomic E-state index is 0.217. The number of rotatable bonds is 5. The number of aromatic hydroxyl groups is 1. The third-order valence-corrected chi connectivity index (χ3v) is 4.33. The van der Waals surface area contributed by atoms with Crippen LogP contribution in [0.2, 0.25) is 0 Å². The number of phenols is 1. The van der Waals surface area contributed by atoms with Crippen LogP contribution in [0.3, 0.4) is 0 Å². The van der Waals surface area contributed by atoms with E-state index in [0.29, 0.717) is 0 Å². The van der Waals surface area contributed by atoms with E-state index in [9.17, 15) is 5.11 Å². The first-order valence-electron chi connectivity index (χ1n) is 8.85. The van der Waals surface area contributed by atoms with Gasteiger partial charge in [0, 0.05) is 23.5 Å². The Labute approximate surface area is 163 Å². The number of ether oxygens (including phenoxy) is 1. The van der Waals surface area contributed by atoms with Gasteiger partial charge in [-0.2, -0.15) is 5.10 Å². The summed E-state index contributed by atoms with van der Waals surface area (Å²) in [4.78, 5) is 4.53. The van der Waals surface area contributed by atoms with Crippen LogP contribution in [0.25, 0.3) is 16.9 Å². The first-order chi connectivity index (χ1) is 13.7. The lowest BCUT2D eigenvalue weighted by Gasteiger charge is -2.02. The largest absolute Gasteiger partial charge is 0.508 e. The van der Waals surface area contributed by atoms with Gasteiger partial charge >= 0.3 is 0 Å². The van der Waals surface area contributed by atoms with Crippen molar-refractivity contribution in [2.45, 2.75) is 0 Å². The van der Waals surface area contributed by atoms with Gasteiger partial charge in [-0.3, -0.25) is 4.99 Å². The van der Waals surface area contributed by atoms with Crippen LogP contribution < -0.4 is 4.74 Å². The average molecular weight is 369 g/mol. The molecule has 4 aromatic rings. The number of methoxy groups -OCH3 is 1. The van der Waals surface area contributed by atoms with E-state index in [1.54, 1.807) is 37.6 Å². The van der Waals surface area contributed by atoms with Gasteiger partial charge in [-0.05, 0) is 60.7 Å². The van der Waals surface area contributed by atoms with Crippen LogP contribution in [0.1, 0.15) is 5.56 Å². The average Bonchev–Trinajstić information content (AvgIpc) is 3.18. The van der Waals surface area contributed by atoms with E-state index in [1.165, 1.54) is 0 Å². The molecule has 0 aliphatic rings. The Hall–Kier alpha value is -3.86. The molecule has 0 atom stereocenters. The molecule has 0 fully saturated rings. The summed E-state index contributed by atoms with van der Waals surface area (Å²) >= 11 is 0. The number of aliphatic imine (C=N–C) groups is 1. The lowest BCUT2D eigenvalue weighted by Crippen LogP contribution is -1.94. The van der Waals surface area contributed by atoms with Gasteiger partial charge < -0.3 is 9.84 Å². The molecule has 0 aliphatic carbocycles. The summed E-state index contributed by atoms with van der Waals surface area (Å²) in [5.41, 5.74) is 4.42. The second-order valence-corrected chi connectivity index (χ2v) is 6.22. The molecule has 0 amide bonds. The summed E-state index contributed by atoms with van der Waals surface area (Å²) in [5.74, 6) is 1.01. The van der Waals surface area contributed by atoms with Gasteiger partial charge in [0.15, 0.2) is 0 Å². The predicted molar refractivity (Wildman–Crippen MR) is 111 cm³/mol. The van der Waals surface area contributed by atoms with Crippen molar-refractivity contribution in [3.63, 3.8) is 0 Å². The Kier molecular flexibility index (Phi) is 4.89. The first-order valence-corrected chi connectivity index (χ1v) is 8.85. The zero-order valence-electron chi connectivity index (χ0n) is 15.4. The fraction of sp³-hybridized carbons (Fsp3) is 0.0435. The SMILES string of the molecule is COc1ccc(-c2nn(-c3ccccc3)cc2C=Nc2ccc(O)cc2)cc1. The number of nitrogens with zero attached hydrogens (tertiary/aromatic N) is 3. The van der Waals surface area contributed by atoms with Crippen LogP contribution in [-0.2, 0) is 0 Å². The standard InChI is InChI=1S/C23H19N3O2/c1-28-22-13-7-17(8-14-22)23-18(15-24-19-9-11-21(27)12-10-19)16-26(25-23)20-5-3-2-4-6-20/h2-16,27H,1H3. The van der Waals surface area contributed by atoms with Gasteiger partial charge in [0.25, 0.3) is 0 Å². The van der Waals surface area contributed by atoms with Crippen LogP contribution >= 0.6 is 0 Å². The summed E-state index contributed by atoms with van der Waals surface area (Å²) in [6.45, 7) is 0. The Morgan fingerprint density at radius 1 is 0.929 bits per heavy atom. The number of hydrogen-bond donors (Lipinski definition) is 1. The summed E-state index contributed by atoms with van der Waals surface area (Å²) in [5, 5.41) is 14.2. The lowest BCUT2D eigenvalue weighted by molar-refractivity contribution is 0.415. The predicted octanol–water partition coefficient (Wildman–Crippen LogP) is 5.00. The number of aromatic nitrogens is 2. The van der Waals surface area contributed by atoms with E-state index in [1.807, 2.05) is 65.5 Å². The van der Waals surface area contributed by atoms with Crippen LogP contribution in [-0.4, -0.2) is 28.2 Å². The summed E-state index contributed by atoms with van der Waals surface area (Å²) < 4.78 is 7.10. The quantitative estimate of drug-likeness (QED) is 0.503. The van der Waals surface area contributed by atoms with Crippen molar-refractivity contribution in [3.05, 3.63) is 90.6 Å². The minimum Gasteiger partial charge on any atom is -0.508 e. The molecular weight excluding hydrogens is 350 g/mol. The molecule has 28 heavy (non-hydrogen) atoms. The summed E-state index contributed by atoms with van der Waals surface area (Å²) in [7, 11) is 1.65. The molecule has 1 heterocycles. The van der Waals surface area contributed by atoms with Crippen molar-refractivity contribution in [2.24, 2.45) is 4.99 Å². The highest BCUT2D eigenvalue weighted by Gasteiger charge is 2.11. The van der Waals surface area contributed by atoms with Gasteiger partial charge in [0.2, 0.25) is 0 Å². The van der Waals surface area contributed by atoms with E-state index < -0.39 is 0 Å². The van der Waals surface area contributed by atoms with Gasteiger partial charge in [-0.25, -0.2) is 4.68 Å². The van der Waals surface area contributed by atoms with Crippen molar-refractivity contribution in [2.75, 3.05) is 7.11 Å². The second kappa shape index (κ2) is 7.80. The Morgan fingerprint density at radius 3 is 2.32 bits per heavy atom. The van der Waals surface area contributed by atoms with Crippen LogP contribution in [0.15, 0.2) is 90.1 Å². The van der Waals surface area contributed by atoms with Crippen LogP contribution in [0.5, 0.6) is 11.5 Å². The molecule has 138 valence electrons. The number of benzene rings is 3. The maximum Gasteiger partial charge on any atom is 0.118 e. The number of phenolic OH excluding ortho intramolecular Hbond substituents is 1. The van der Waals surface area contributed by atoms with Crippen molar-refractivity contribution in [3.8, 4) is 28.4 Å². The zero-order chi connectivity index (χ0) is 19.3. The number of hydrogen-bond acceptors (Lipinski definition) is 4. The van der Waals surface area contributed by atoms with Gasteiger partial charge in [-0.15, -0.1) is 0 Å². The summed E-state index contributed by atoms with van der Waals surface area (Å²) in [6.07, 6.45) is 3.75. The van der Waals surface area contributed by atoms with Crippen LogP contribution in [0.4, 0.5) is 5.69 Å². The van der Waals surface area contributed by atoms with E-state index in [-0.39, 0.29) is 5.75 Å². The maximum atomic E-state index is 9.43. The Balaban J connectivity index is 1.75. The highest BCUT2D eigenvalue weighted by Crippen LogP contribution is 2.26. The van der Waals surface area contributed by atoms with E-state index in [0.717, 1.165) is 33.9 Å². The zero-order valence-corrected chi connectivity index (χ0v) is 15.4. The second-order valence-electron chi connectivity index (χ2n) is 6.22. The minimum atomic E-state index is 0.217. The smallest absolute Gasteiger partial charge is 0.118 e. The molecule has 1 N–H and O–H groups in total. The molecule has 0 saturated carbocycles. The highest BCUT2D eigenvalue weighted by atomic mass is 16.5. The van der Waals surface area contributed by atoms with Crippen molar-refractivity contribution >= 4 is 11.9 Å². The molecule has 3 aromatic carbocycles. The fourth-order valence-electron chi connectivity index (χ4n) is 2.85. The van der Waals surface area contributed by atoms with Gasteiger partial charge in [0.1, 0.15) is 17.2 Å². The van der Waals surface area contributed by atoms with E-state index in [2.05, 4.69) is 4.99 Å². The lowest BCUT2D eigenvalue weighted by atomic mass is 10.1. The molecule has 0 unspecified atom stereocenters. The Bertz CT molecular complexity index is 1080. The molecule has 5 heteroatoms. The summed E-state index contributed by atoms with van der Waals surface area (Å²) in [6, 6.07) is 24.5. The molecular formula is C23H19N3O2. The molecule has 0 saturated heterocycles. The first kappa shape index (κ1) is 17.5. The fourth-order valence-corrected chi connectivity index (χ4v) is 2.85. The molecule has 4 rings (SSSR count). The van der Waals surface area contributed by atoms with Crippen molar-refractivity contribution in [1.29, 1.82) is 0 Å². The molecule has 5 nitrogen and oxygen atoms in total. The van der Waals surface area contributed by atoms with E-state index >= 15 is 0 Å². The Morgan fingerprint density at radius 2 is 1.64 bits per heavy atom. The topological polar surface area (TPSA) is 59.6 Å². The molecule has 0 bridgehead atoms. The normalized spacial score (nSPS) is 11.0. The number of para-hydroxylation sites is 1. The monoisotopic (exact) mass is 369 g/mol. The highest BCUT2D eigenvalue weighted by molar-refractivity contribution is 5.90. The van der Waals surface area contributed by atoms with E-state index in [4.69, 9.17) is 9.84 Å². The van der Waals surface area contributed by atoms with Crippen LogP contribution in [0, 0.1) is 0 Å². The van der Waals surface area contributed by atoms with Gasteiger partial charge in [0.05, 0.1) is 18.5 Å². The molecule has 0 radical (unpaired) electrons. The van der Waals surface area contributed by atoms with Crippen molar-refractivity contribution < 1.29 is 9.84 Å². The molecule has 0 aliphatic heterocycles. The van der Waals surface area contributed by atoms with Gasteiger partial charge in [-0.1, -0.05) is 18.2 Å². The molecule has 0 spiro atoms. The molecule has 1 aromatic heterocycles. The van der Waals surface area contributed by atoms with Crippen molar-refractivity contribution in [1.82, 2.24) is 9.78 Å². The third-order valence-electron chi connectivity index (χ3n) is 4.33. The third kappa shape index (κ3) is 3.78. The maximum absolute atomic E-state index is 9.43.